The largest absolute Gasteiger partial charge is 0.389 e. The number of nitrogen functional groups attached to an aromatic ring is 2. The Kier molecular flexibility index (Phi) is 14.0. The number of H-pyrrole nitrogens is 1. The number of hydrogen-bond donors (Lipinski definition) is 5. The lowest BCUT2D eigenvalue weighted by atomic mass is 10.1. The predicted molar refractivity (Wildman–Crippen MR) is 233 cm³/mol. The number of fused-ring (bicyclic) bond motifs is 4. The molecule has 0 bridgehead atoms. The number of imidazole rings is 2. The molecular formula is C36H45BF2N12O11P2S. The molecule has 0 saturated carbocycles. The quantitative estimate of drug-likeness (QED) is 0.0643. The van der Waals surface area contributed by atoms with Gasteiger partial charge in [-0.05, 0) is 35.5 Å². The average molecular weight is 965 g/mol. The van der Waals surface area contributed by atoms with E-state index in [1.54, 1.807) is 24.3 Å². The molecule has 10 atom stereocenters. The molecule has 3 fully saturated rings. The average Bonchev–Trinajstić information content (AvgIpc) is 4.04. The fourth-order valence-corrected chi connectivity index (χ4v) is 12.0. The van der Waals surface area contributed by atoms with E-state index in [0.29, 0.717) is 29.1 Å². The van der Waals surface area contributed by atoms with Crippen LogP contribution in [0.1, 0.15) is 57.0 Å². The Hall–Kier alpha value is -4.85. The molecule has 3 aliphatic rings. The summed E-state index contributed by atoms with van der Waals surface area (Å²) in [6.07, 6.45) is -6.03. The van der Waals surface area contributed by atoms with Crippen molar-refractivity contribution in [2.75, 3.05) is 36.5 Å². The van der Waals surface area contributed by atoms with Gasteiger partial charge in [0.05, 0.1) is 32.4 Å². The van der Waals surface area contributed by atoms with Gasteiger partial charge in [0, 0.05) is 17.9 Å². The van der Waals surface area contributed by atoms with E-state index in [1.165, 1.54) is 10.9 Å². The van der Waals surface area contributed by atoms with Gasteiger partial charge in [0.15, 0.2) is 47.4 Å². The molecule has 3 saturated heterocycles. The van der Waals surface area contributed by atoms with Crippen LogP contribution in [0.5, 0.6) is 0 Å². The fraction of sp³-hybridized carbons (Fsp3) is 0.500. The molecule has 23 nitrogen and oxygen atoms in total. The number of anilines is 3. The monoisotopic (exact) mass is 964 g/mol. The highest BCUT2D eigenvalue weighted by Gasteiger charge is 2.54. The molecule has 348 valence electrons. The first-order chi connectivity index (χ1) is 31.1. The molecule has 4 aromatic heterocycles. The molecule has 0 spiro atoms. The zero-order valence-corrected chi connectivity index (χ0v) is 37.5. The summed E-state index contributed by atoms with van der Waals surface area (Å²) in [5.41, 5.74) is 12.0. The maximum Gasteiger partial charge on any atom is 0.389 e. The molecule has 7 N–H and O–H groups in total. The normalized spacial score (nSPS) is 29.5. The number of ether oxygens (including phenoxy) is 2. The number of benzene rings is 1. The number of nitrogens with two attached hydrogens (primary N) is 2. The number of halogens is 2. The van der Waals surface area contributed by atoms with Gasteiger partial charge in [-0.3, -0.25) is 42.1 Å². The maximum atomic E-state index is 16.8. The predicted octanol–water partition coefficient (Wildman–Crippen LogP) is 3.22. The van der Waals surface area contributed by atoms with Gasteiger partial charge in [0.2, 0.25) is 17.8 Å². The second-order valence-corrected chi connectivity index (χ2v) is 21.5. The van der Waals surface area contributed by atoms with Crippen LogP contribution in [0.4, 0.5) is 26.2 Å². The zero-order valence-electron chi connectivity index (χ0n) is 34.9. The van der Waals surface area contributed by atoms with Crippen molar-refractivity contribution in [3.63, 3.8) is 0 Å². The minimum atomic E-state index is -4.56. The van der Waals surface area contributed by atoms with Gasteiger partial charge in [-0.1, -0.05) is 38.3 Å². The van der Waals surface area contributed by atoms with Crippen molar-refractivity contribution in [2.24, 2.45) is 0 Å². The van der Waals surface area contributed by atoms with Crippen LogP contribution in [0.15, 0.2) is 48.0 Å². The highest BCUT2D eigenvalue weighted by atomic mass is 32.7. The SMILES string of the molecule is B[P@]1(=O)OC[C@H]2O[C@@H](n3cnc4c(N)ncnc43)[C@H](F)[C@@H]2O[P@](=O)(SCc2ccc(NC(=O)CNC(=O)CCCCCC)cc2)OC[C@H]2O[C@@H](n3cnc4c(=O)[nH]c(N)nc43)[C@H](F)[C@@H]2O1. The molecule has 3 aliphatic heterocycles. The zero-order chi connectivity index (χ0) is 46.0. The van der Waals surface area contributed by atoms with Crippen LogP contribution in [-0.4, -0.2) is 115 Å². The minimum Gasteiger partial charge on any atom is -0.382 e. The topological polar surface area (TPSA) is 307 Å². The molecule has 0 unspecified atom stereocenters. The highest BCUT2D eigenvalue weighted by molar-refractivity contribution is 8.54. The molecule has 5 aromatic rings. The molecule has 2 amide bonds. The van der Waals surface area contributed by atoms with Gasteiger partial charge in [-0.2, -0.15) is 4.98 Å². The van der Waals surface area contributed by atoms with E-state index in [0.717, 1.165) is 50.5 Å². The van der Waals surface area contributed by atoms with Crippen LogP contribution >= 0.6 is 25.7 Å². The highest BCUT2D eigenvalue weighted by Crippen LogP contribution is 2.65. The van der Waals surface area contributed by atoms with E-state index < -0.39 is 88.2 Å². The number of amides is 2. The van der Waals surface area contributed by atoms with Crippen LogP contribution in [0.2, 0.25) is 0 Å². The summed E-state index contributed by atoms with van der Waals surface area (Å²) >= 11 is 0.671. The standard InChI is InChI=1S/C36H45BF2N12O11P2S/c1-2-3-4-5-6-22(52)42-11-23(53)47-19-9-7-18(8-10-19)14-65-64(56)58-13-21-28(24(38)35(60-21)51-17-46-27-32(51)48-36(41)49-33(27)54)61-63(37,55)57-12-20-29(62-64)25(39)34(59-20)50-16-45-26-30(40)43-15-44-31(26)50/h7-10,15-17,20-21,24-25,28-29,34-35H,2-6,11-14,37H2,1H3,(H,42,52)(H,47,53)(H2,40,43,44)(H3,41,48,49,54)/t20-,21-,24-,25-,28-,29-,34-,35-,63+,64-/m1/s1. The van der Waals surface area contributed by atoms with E-state index in [1.807, 2.05) is 0 Å². The van der Waals surface area contributed by atoms with E-state index >= 15 is 8.78 Å². The third-order valence-electron chi connectivity index (χ3n) is 10.7. The van der Waals surface area contributed by atoms with E-state index in [9.17, 15) is 23.5 Å². The number of unbranched alkanes of at least 4 members (excludes halogenated alkanes) is 3. The number of alkyl halides is 2. The van der Waals surface area contributed by atoms with Crippen LogP contribution in [0.3, 0.4) is 0 Å². The minimum absolute atomic E-state index is 0.0236. The second kappa shape index (κ2) is 19.6. The Morgan fingerprint density at radius 2 is 1.55 bits per heavy atom. The molecule has 65 heavy (non-hydrogen) atoms. The van der Waals surface area contributed by atoms with Crippen molar-refractivity contribution in [3.05, 3.63) is 59.2 Å². The van der Waals surface area contributed by atoms with Crippen molar-refractivity contribution in [2.45, 2.75) is 94.0 Å². The van der Waals surface area contributed by atoms with Crippen LogP contribution in [0.25, 0.3) is 22.3 Å². The molecule has 1 aromatic carbocycles. The Balaban J connectivity index is 1.03. The van der Waals surface area contributed by atoms with Gasteiger partial charge in [0.1, 0.15) is 36.3 Å². The molecule has 29 heteroatoms. The molecule has 0 radical (unpaired) electrons. The van der Waals surface area contributed by atoms with E-state index in [2.05, 4.69) is 47.5 Å². The third kappa shape index (κ3) is 10.4. The first-order valence-electron chi connectivity index (χ1n) is 20.5. The van der Waals surface area contributed by atoms with Crippen molar-refractivity contribution in [1.82, 2.24) is 44.4 Å². The van der Waals surface area contributed by atoms with Gasteiger partial charge < -0.3 is 40.6 Å². The first-order valence-corrected chi connectivity index (χ1v) is 25.6. The summed E-state index contributed by atoms with van der Waals surface area (Å²) in [6.45, 7) is -4.06. The summed E-state index contributed by atoms with van der Waals surface area (Å²) in [5, 5.41) is 5.32. The summed E-state index contributed by atoms with van der Waals surface area (Å²) in [7, 11) is -3.17. The van der Waals surface area contributed by atoms with Gasteiger partial charge >= 0.3 is 6.80 Å². The van der Waals surface area contributed by atoms with Crippen molar-refractivity contribution in [1.29, 1.82) is 0 Å². The van der Waals surface area contributed by atoms with Gasteiger partial charge in [-0.25, -0.2) is 33.3 Å². The number of aromatic amines is 1. The Bertz CT molecular complexity index is 2700. The third-order valence-corrected chi connectivity index (χ3v) is 15.6. The van der Waals surface area contributed by atoms with Gasteiger partial charge in [0.25, 0.3) is 20.6 Å². The van der Waals surface area contributed by atoms with E-state index in [4.69, 9.17) is 39.0 Å². The summed E-state index contributed by atoms with van der Waals surface area (Å²) in [6, 6.07) is 6.47. The number of nitrogens with zero attached hydrogens (tertiary/aromatic N) is 7. The number of nitrogens with one attached hydrogen (secondary N) is 3. The Morgan fingerprint density at radius 3 is 2.26 bits per heavy atom. The summed E-state index contributed by atoms with van der Waals surface area (Å²) in [5.74, 6) is -0.960. The summed E-state index contributed by atoms with van der Waals surface area (Å²) < 4.78 is 100. The lowest BCUT2D eigenvalue weighted by molar-refractivity contribution is -0.124. The summed E-state index contributed by atoms with van der Waals surface area (Å²) in [4.78, 5) is 59.9. The lowest BCUT2D eigenvalue weighted by Crippen LogP contribution is -2.37. The van der Waals surface area contributed by atoms with Crippen LogP contribution in [0, 0.1) is 0 Å². The fourth-order valence-electron chi connectivity index (χ4n) is 7.44. The number of aromatic nitrogens is 8. The Morgan fingerprint density at radius 1 is 0.892 bits per heavy atom. The smallest absolute Gasteiger partial charge is 0.382 e. The van der Waals surface area contributed by atoms with Crippen molar-refractivity contribution in [3.8, 4) is 0 Å². The van der Waals surface area contributed by atoms with E-state index in [-0.39, 0.29) is 52.3 Å². The number of carbonyl (C=O) groups excluding carboxylic acids is 2. The number of hydrogen-bond acceptors (Lipinski definition) is 19. The van der Waals surface area contributed by atoms with Crippen LogP contribution in [-0.2, 0) is 52.0 Å². The molecule has 7 heterocycles. The maximum absolute atomic E-state index is 16.8. The second-order valence-electron chi connectivity index (χ2n) is 15.4. The first kappa shape index (κ1) is 46.7. The number of rotatable bonds is 13. The molecule has 0 aliphatic carbocycles. The molecular weight excluding hydrogens is 919 g/mol. The van der Waals surface area contributed by atoms with Gasteiger partial charge in [-0.15, -0.1) is 0 Å². The Labute approximate surface area is 373 Å². The molecule has 8 rings (SSSR count). The lowest BCUT2D eigenvalue weighted by Gasteiger charge is -2.30. The van der Waals surface area contributed by atoms with Crippen molar-refractivity contribution < 1.29 is 55.1 Å². The number of carbonyl (C=O) groups is 2. The van der Waals surface area contributed by atoms with Crippen LogP contribution < -0.4 is 27.7 Å². The van der Waals surface area contributed by atoms with Crippen molar-refractivity contribution >= 4 is 84.8 Å².